The first-order valence-electron chi connectivity index (χ1n) is 8.86. The van der Waals surface area contributed by atoms with Gasteiger partial charge in [-0.25, -0.2) is 0 Å². The number of para-hydroxylation sites is 1. The lowest BCUT2D eigenvalue weighted by Gasteiger charge is -2.12. The molecule has 0 N–H and O–H groups in total. The van der Waals surface area contributed by atoms with Gasteiger partial charge < -0.3 is 9.47 Å². The molecule has 0 aliphatic carbocycles. The molecule has 4 heteroatoms. The molecule has 0 unspecified atom stereocenters. The average Bonchev–Trinajstić information content (AvgIpc) is 2.64. The van der Waals surface area contributed by atoms with Gasteiger partial charge in [-0.3, -0.25) is 9.78 Å². The molecular formula is C22H23NO3. The topological polar surface area (TPSA) is 48.4 Å². The summed E-state index contributed by atoms with van der Waals surface area (Å²) in [5.74, 6) is 1.52. The lowest BCUT2D eigenvalue weighted by atomic mass is 10.1. The molecule has 0 amide bonds. The number of hydrogen-bond acceptors (Lipinski definition) is 4. The average molecular weight is 349 g/mol. The number of carbonyl (C=O) groups excluding carboxylic acids is 1. The fraction of sp³-hybridized carbons (Fsp3) is 0.273. The van der Waals surface area contributed by atoms with E-state index in [4.69, 9.17) is 9.47 Å². The van der Waals surface area contributed by atoms with Gasteiger partial charge in [-0.05, 0) is 50.5 Å². The number of hydrogen-bond donors (Lipinski definition) is 0. The van der Waals surface area contributed by atoms with Crippen LogP contribution in [0.1, 0.15) is 34.5 Å². The fourth-order valence-electron chi connectivity index (χ4n) is 2.89. The molecule has 0 saturated carbocycles. The Hall–Kier alpha value is -2.88. The van der Waals surface area contributed by atoms with Crippen LogP contribution < -0.4 is 9.47 Å². The number of aromatic nitrogens is 1. The van der Waals surface area contributed by atoms with Gasteiger partial charge in [0.1, 0.15) is 11.5 Å². The van der Waals surface area contributed by atoms with Gasteiger partial charge in [0.2, 0.25) is 0 Å². The molecule has 4 nitrogen and oxygen atoms in total. The second kappa shape index (κ2) is 8.48. The molecule has 0 saturated heterocycles. The van der Waals surface area contributed by atoms with Crippen molar-refractivity contribution in [2.24, 2.45) is 0 Å². The molecule has 1 heterocycles. The molecule has 0 aliphatic heterocycles. The smallest absolute Gasteiger partial charge is 0.154 e. The van der Waals surface area contributed by atoms with Gasteiger partial charge in [0.15, 0.2) is 6.29 Å². The SMILES string of the molecule is Cc1cc(OCCCCOc2cccc(C)c2C=O)c2ccccc2n1. The van der Waals surface area contributed by atoms with Crippen LogP contribution in [0.4, 0.5) is 0 Å². The molecule has 0 spiro atoms. The number of ether oxygens (including phenoxy) is 2. The maximum atomic E-state index is 11.2. The molecule has 134 valence electrons. The van der Waals surface area contributed by atoms with E-state index in [2.05, 4.69) is 4.98 Å². The van der Waals surface area contributed by atoms with Crippen LogP contribution in [0, 0.1) is 13.8 Å². The van der Waals surface area contributed by atoms with Crippen LogP contribution in [0.15, 0.2) is 48.5 Å². The van der Waals surface area contributed by atoms with Crippen molar-refractivity contribution >= 4 is 17.2 Å². The second-order valence-electron chi connectivity index (χ2n) is 6.29. The second-order valence-corrected chi connectivity index (χ2v) is 6.29. The zero-order valence-corrected chi connectivity index (χ0v) is 15.2. The van der Waals surface area contributed by atoms with Crippen molar-refractivity contribution in [3.8, 4) is 11.5 Å². The van der Waals surface area contributed by atoms with E-state index in [9.17, 15) is 4.79 Å². The van der Waals surface area contributed by atoms with Crippen molar-refractivity contribution in [1.29, 1.82) is 0 Å². The minimum absolute atomic E-state index is 0.559. The van der Waals surface area contributed by atoms with E-state index < -0.39 is 0 Å². The van der Waals surface area contributed by atoms with E-state index in [0.717, 1.165) is 47.0 Å². The summed E-state index contributed by atoms with van der Waals surface area (Å²) in [4.78, 5) is 15.7. The minimum atomic E-state index is 0.559. The summed E-state index contributed by atoms with van der Waals surface area (Å²) in [5.41, 5.74) is 3.46. The number of pyridine rings is 1. The van der Waals surface area contributed by atoms with Crippen molar-refractivity contribution in [3.05, 3.63) is 65.4 Å². The number of benzene rings is 2. The Balaban J connectivity index is 1.50. The number of nitrogens with zero attached hydrogens (tertiary/aromatic N) is 1. The van der Waals surface area contributed by atoms with E-state index in [0.29, 0.717) is 24.5 Å². The zero-order valence-electron chi connectivity index (χ0n) is 15.2. The van der Waals surface area contributed by atoms with Gasteiger partial charge in [-0.2, -0.15) is 0 Å². The van der Waals surface area contributed by atoms with Crippen LogP contribution in [0.2, 0.25) is 0 Å². The normalized spacial score (nSPS) is 10.7. The highest BCUT2D eigenvalue weighted by Crippen LogP contribution is 2.25. The number of unbranched alkanes of at least 4 members (excludes halogenated alkanes) is 1. The Labute approximate surface area is 153 Å². The number of rotatable bonds is 8. The van der Waals surface area contributed by atoms with Gasteiger partial charge in [0.05, 0.1) is 24.3 Å². The van der Waals surface area contributed by atoms with Crippen molar-refractivity contribution in [1.82, 2.24) is 4.98 Å². The van der Waals surface area contributed by atoms with Crippen LogP contribution in [-0.4, -0.2) is 24.5 Å². The summed E-state index contributed by atoms with van der Waals surface area (Å²) >= 11 is 0. The monoisotopic (exact) mass is 349 g/mol. The number of carbonyl (C=O) groups is 1. The highest BCUT2D eigenvalue weighted by Gasteiger charge is 2.06. The Morgan fingerprint density at radius 1 is 0.923 bits per heavy atom. The van der Waals surface area contributed by atoms with Crippen LogP contribution in [-0.2, 0) is 0 Å². The number of aldehydes is 1. The van der Waals surface area contributed by atoms with Crippen molar-refractivity contribution < 1.29 is 14.3 Å². The first kappa shape index (κ1) is 17.9. The Bertz CT molecular complexity index is 905. The fourth-order valence-corrected chi connectivity index (χ4v) is 2.89. The number of fused-ring (bicyclic) bond motifs is 1. The molecule has 3 rings (SSSR count). The first-order valence-corrected chi connectivity index (χ1v) is 8.86. The summed E-state index contributed by atoms with van der Waals surface area (Å²) in [6.45, 7) is 5.06. The third kappa shape index (κ3) is 4.20. The molecule has 1 aromatic heterocycles. The first-order chi connectivity index (χ1) is 12.7. The van der Waals surface area contributed by atoms with Crippen molar-refractivity contribution in [2.45, 2.75) is 26.7 Å². The van der Waals surface area contributed by atoms with Crippen molar-refractivity contribution in [2.75, 3.05) is 13.2 Å². The molecule has 0 bridgehead atoms. The van der Waals surface area contributed by atoms with Gasteiger partial charge in [0, 0.05) is 17.1 Å². The van der Waals surface area contributed by atoms with Crippen LogP contribution in [0.5, 0.6) is 11.5 Å². The molecule has 0 fully saturated rings. The van der Waals surface area contributed by atoms with E-state index in [-0.39, 0.29) is 0 Å². The predicted octanol–water partition coefficient (Wildman–Crippen LogP) is 4.90. The molecule has 26 heavy (non-hydrogen) atoms. The quantitative estimate of drug-likeness (QED) is 0.428. The predicted molar refractivity (Wildman–Crippen MR) is 103 cm³/mol. The minimum Gasteiger partial charge on any atom is -0.493 e. The van der Waals surface area contributed by atoms with E-state index >= 15 is 0 Å². The molecule has 0 atom stereocenters. The van der Waals surface area contributed by atoms with Gasteiger partial charge in [0.25, 0.3) is 0 Å². The maximum Gasteiger partial charge on any atom is 0.154 e. The van der Waals surface area contributed by atoms with E-state index in [1.165, 1.54) is 0 Å². The molecular weight excluding hydrogens is 326 g/mol. The molecule has 2 aromatic carbocycles. The van der Waals surface area contributed by atoms with Crippen LogP contribution in [0.3, 0.4) is 0 Å². The van der Waals surface area contributed by atoms with Gasteiger partial charge >= 0.3 is 0 Å². The summed E-state index contributed by atoms with van der Waals surface area (Å²) in [7, 11) is 0. The largest absolute Gasteiger partial charge is 0.493 e. The summed E-state index contributed by atoms with van der Waals surface area (Å²) < 4.78 is 11.7. The Morgan fingerprint density at radius 3 is 2.42 bits per heavy atom. The van der Waals surface area contributed by atoms with Gasteiger partial charge in [-0.15, -0.1) is 0 Å². The van der Waals surface area contributed by atoms with Gasteiger partial charge in [-0.1, -0.05) is 24.3 Å². The summed E-state index contributed by atoms with van der Waals surface area (Å²) in [6.07, 6.45) is 2.58. The zero-order chi connectivity index (χ0) is 18.4. The third-order valence-electron chi connectivity index (χ3n) is 4.26. The lowest BCUT2D eigenvalue weighted by Crippen LogP contribution is -2.05. The Morgan fingerprint density at radius 2 is 1.65 bits per heavy atom. The third-order valence-corrected chi connectivity index (χ3v) is 4.26. The maximum absolute atomic E-state index is 11.2. The lowest BCUT2D eigenvalue weighted by molar-refractivity contribution is 0.111. The van der Waals surface area contributed by atoms with Crippen LogP contribution >= 0.6 is 0 Å². The highest BCUT2D eigenvalue weighted by molar-refractivity contribution is 5.85. The highest BCUT2D eigenvalue weighted by atomic mass is 16.5. The van der Waals surface area contributed by atoms with E-state index in [1.807, 2.05) is 62.4 Å². The number of aryl methyl sites for hydroxylation is 2. The Kier molecular flexibility index (Phi) is 5.84. The molecule has 0 radical (unpaired) electrons. The molecule has 0 aliphatic rings. The molecule has 3 aromatic rings. The standard InChI is InChI=1S/C22H23NO3/c1-16-8-7-11-21(19(16)15-24)25-12-5-6-13-26-22-14-17(2)23-20-10-4-3-9-18(20)22/h3-4,7-11,14-15H,5-6,12-13H2,1-2H3. The summed E-state index contributed by atoms with van der Waals surface area (Å²) in [5, 5.41) is 1.03. The van der Waals surface area contributed by atoms with E-state index in [1.54, 1.807) is 0 Å². The summed E-state index contributed by atoms with van der Waals surface area (Å²) in [6, 6.07) is 15.6. The van der Waals surface area contributed by atoms with Crippen LogP contribution in [0.25, 0.3) is 10.9 Å². The van der Waals surface area contributed by atoms with Crippen molar-refractivity contribution in [3.63, 3.8) is 0 Å².